The first-order chi connectivity index (χ1) is 16.6. The van der Waals surface area contributed by atoms with Gasteiger partial charge in [-0.1, -0.05) is 29.8 Å². The molecule has 4 rings (SSSR count). The first-order valence-corrected chi connectivity index (χ1v) is 12.5. The van der Waals surface area contributed by atoms with E-state index in [1.807, 2.05) is 49.1 Å². The lowest BCUT2D eigenvalue weighted by atomic mass is 10.2. The fourth-order valence-corrected chi connectivity index (χ4v) is 4.75. The van der Waals surface area contributed by atoms with Crippen LogP contribution in [0.1, 0.15) is 21.6 Å². The maximum absolute atomic E-state index is 13.1. The molecule has 0 radical (unpaired) electrons. The molecule has 1 aliphatic rings. The van der Waals surface area contributed by atoms with Crippen LogP contribution in [0, 0.1) is 13.8 Å². The zero-order valence-electron chi connectivity index (χ0n) is 19.3. The van der Waals surface area contributed by atoms with Gasteiger partial charge in [0.25, 0.3) is 5.91 Å². The predicted octanol–water partition coefficient (Wildman–Crippen LogP) is 3.80. The molecule has 1 amide bonds. The summed E-state index contributed by atoms with van der Waals surface area (Å²) < 4.78 is 50.3. The molecule has 184 valence electrons. The van der Waals surface area contributed by atoms with Crippen molar-refractivity contribution < 1.29 is 22.0 Å². The quantitative estimate of drug-likeness (QED) is 0.549. The van der Waals surface area contributed by atoms with Crippen LogP contribution in [0.5, 0.6) is 0 Å². The monoisotopic (exact) mass is 501 g/mol. The van der Waals surface area contributed by atoms with Crippen LogP contribution < -0.4 is 10.2 Å². The van der Waals surface area contributed by atoms with Crippen molar-refractivity contribution in [3.05, 3.63) is 71.4 Å². The summed E-state index contributed by atoms with van der Waals surface area (Å²) in [6.07, 6.45) is 0. The number of nitrogens with zero attached hydrogens (tertiary/aromatic N) is 4. The van der Waals surface area contributed by atoms with Gasteiger partial charge in [-0.2, -0.15) is 13.8 Å². The van der Waals surface area contributed by atoms with Gasteiger partial charge in [-0.15, -0.1) is 0 Å². The molecule has 1 saturated heterocycles. The topological polar surface area (TPSA) is 95.5 Å². The van der Waals surface area contributed by atoms with E-state index in [2.05, 4.69) is 15.3 Å². The SMILES string of the molecule is Cc1ccc(Nc2nc(C)cc(N3CCN(C(=O)c4ccccc4S(=O)(=O)C(F)F)CC3)n2)cc1. The summed E-state index contributed by atoms with van der Waals surface area (Å²) in [6.45, 7) is 5.32. The lowest BCUT2D eigenvalue weighted by molar-refractivity contribution is 0.0742. The highest BCUT2D eigenvalue weighted by Crippen LogP contribution is 2.25. The van der Waals surface area contributed by atoms with Gasteiger partial charge < -0.3 is 15.1 Å². The second kappa shape index (κ2) is 9.95. The van der Waals surface area contributed by atoms with Gasteiger partial charge in [0.2, 0.25) is 15.8 Å². The fourth-order valence-electron chi connectivity index (χ4n) is 3.83. The number of sulfone groups is 1. The molecule has 2 aromatic carbocycles. The Kier molecular flexibility index (Phi) is 6.97. The summed E-state index contributed by atoms with van der Waals surface area (Å²) in [5.41, 5.74) is 2.53. The van der Waals surface area contributed by atoms with Crippen LogP contribution in [0.2, 0.25) is 0 Å². The number of alkyl halides is 2. The number of hydrogen-bond acceptors (Lipinski definition) is 7. The standard InChI is InChI=1S/C24H25F2N5O3S/c1-16-7-9-18(10-8-16)28-24-27-17(2)15-21(29-24)30-11-13-31(14-12-30)22(32)19-5-3-4-6-20(19)35(33,34)23(25)26/h3-10,15,23H,11-14H2,1-2H3,(H,27,28,29). The Hall–Kier alpha value is -3.60. The summed E-state index contributed by atoms with van der Waals surface area (Å²) >= 11 is 0. The van der Waals surface area contributed by atoms with Gasteiger partial charge in [0.05, 0.1) is 10.5 Å². The van der Waals surface area contributed by atoms with E-state index in [1.165, 1.54) is 23.1 Å². The van der Waals surface area contributed by atoms with Gasteiger partial charge in [0, 0.05) is 43.6 Å². The van der Waals surface area contributed by atoms with E-state index in [-0.39, 0.29) is 18.7 Å². The van der Waals surface area contributed by atoms with Gasteiger partial charge in [-0.05, 0) is 38.1 Å². The summed E-state index contributed by atoms with van der Waals surface area (Å²) in [5.74, 6) is -3.05. The van der Waals surface area contributed by atoms with Crippen molar-refractivity contribution in [2.45, 2.75) is 24.5 Å². The van der Waals surface area contributed by atoms with E-state index in [0.29, 0.717) is 24.9 Å². The van der Waals surface area contributed by atoms with Crippen LogP contribution >= 0.6 is 0 Å². The molecular weight excluding hydrogens is 476 g/mol. The molecule has 8 nitrogen and oxygen atoms in total. The number of piperazine rings is 1. The number of carbonyl (C=O) groups is 1. The minimum atomic E-state index is -4.90. The molecule has 35 heavy (non-hydrogen) atoms. The first kappa shape index (κ1) is 24.5. The second-order valence-electron chi connectivity index (χ2n) is 8.26. The molecule has 1 aromatic heterocycles. The van der Waals surface area contributed by atoms with Crippen LogP contribution in [0.15, 0.2) is 59.5 Å². The molecule has 1 N–H and O–H groups in total. The molecule has 0 bridgehead atoms. The number of carbonyl (C=O) groups excluding carboxylic acids is 1. The zero-order valence-corrected chi connectivity index (χ0v) is 20.1. The number of rotatable bonds is 6. The molecule has 3 aromatic rings. The predicted molar refractivity (Wildman–Crippen MR) is 129 cm³/mol. The number of benzene rings is 2. The van der Waals surface area contributed by atoms with Crippen molar-refractivity contribution in [1.29, 1.82) is 0 Å². The van der Waals surface area contributed by atoms with Crippen LogP contribution in [0.3, 0.4) is 0 Å². The summed E-state index contributed by atoms with van der Waals surface area (Å²) in [5, 5.41) is 3.20. The number of amides is 1. The van der Waals surface area contributed by atoms with Gasteiger partial charge >= 0.3 is 5.76 Å². The Morgan fingerprint density at radius 1 is 0.971 bits per heavy atom. The molecule has 0 unspecified atom stereocenters. The van der Waals surface area contributed by atoms with Crippen molar-refractivity contribution in [1.82, 2.24) is 14.9 Å². The summed E-state index contributed by atoms with van der Waals surface area (Å²) in [7, 11) is -4.90. The van der Waals surface area contributed by atoms with E-state index in [1.54, 1.807) is 0 Å². The van der Waals surface area contributed by atoms with E-state index in [0.717, 1.165) is 23.0 Å². The molecule has 1 fully saturated rings. The molecule has 0 atom stereocenters. The van der Waals surface area contributed by atoms with Crippen molar-refractivity contribution >= 4 is 33.2 Å². The average molecular weight is 502 g/mol. The van der Waals surface area contributed by atoms with Gasteiger partial charge in [0.15, 0.2) is 0 Å². The fraction of sp³-hybridized carbons (Fsp3) is 0.292. The van der Waals surface area contributed by atoms with E-state index >= 15 is 0 Å². The Bertz CT molecular complexity index is 1330. The Labute approximate surface area is 202 Å². The van der Waals surface area contributed by atoms with E-state index in [9.17, 15) is 22.0 Å². The normalized spacial score (nSPS) is 14.3. The van der Waals surface area contributed by atoms with Gasteiger partial charge in [-0.25, -0.2) is 13.4 Å². The Morgan fingerprint density at radius 2 is 1.63 bits per heavy atom. The van der Waals surface area contributed by atoms with Crippen molar-refractivity contribution in [2.24, 2.45) is 0 Å². The van der Waals surface area contributed by atoms with Crippen LogP contribution in [-0.4, -0.2) is 61.1 Å². The number of aromatic nitrogens is 2. The summed E-state index contributed by atoms with van der Waals surface area (Å²) in [4.78, 5) is 24.9. The van der Waals surface area contributed by atoms with E-state index in [4.69, 9.17) is 0 Å². The number of anilines is 3. The minimum Gasteiger partial charge on any atom is -0.353 e. The molecular formula is C24H25F2N5O3S. The molecule has 0 aliphatic carbocycles. The number of halogens is 2. The molecule has 1 aliphatic heterocycles. The lowest BCUT2D eigenvalue weighted by Gasteiger charge is -2.35. The highest BCUT2D eigenvalue weighted by Gasteiger charge is 2.33. The maximum atomic E-state index is 13.1. The third-order valence-electron chi connectivity index (χ3n) is 5.70. The van der Waals surface area contributed by atoms with Crippen molar-refractivity contribution in [2.75, 3.05) is 36.4 Å². The number of hydrogen-bond donors (Lipinski definition) is 1. The van der Waals surface area contributed by atoms with Gasteiger partial charge in [0.1, 0.15) is 5.82 Å². The third-order valence-corrected chi connectivity index (χ3v) is 7.14. The molecule has 0 spiro atoms. The van der Waals surface area contributed by atoms with Crippen molar-refractivity contribution in [3.63, 3.8) is 0 Å². The molecule has 2 heterocycles. The summed E-state index contributed by atoms with van der Waals surface area (Å²) in [6, 6.07) is 14.8. The van der Waals surface area contributed by atoms with E-state index < -0.39 is 26.4 Å². The van der Waals surface area contributed by atoms with Crippen LogP contribution in [0.25, 0.3) is 0 Å². The zero-order chi connectivity index (χ0) is 25.2. The first-order valence-electron chi connectivity index (χ1n) is 11.0. The largest absolute Gasteiger partial charge is 0.353 e. The molecule has 0 saturated carbocycles. The Balaban J connectivity index is 1.47. The highest BCUT2D eigenvalue weighted by atomic mass is 32.2. The number of nitrogens with one attached hydrogen (secondary N) is 1. The second-order valence-corrected chi connectivity index (χ2v) is 10.1. The van der Waals surface area contributed by atoms with Gasteiger partial charge in [-0.3, -0.25) is 4.79 Å². The molecule has 11 heteroatoms. The third kappa shape index (κ3) is 5.40. The maximum Gasteiger partial charge on any atom is 0.341 e. The Morgan fingerprint density at radius 3 is 2.29 bits per heavy atom. The minimum absolute atomic E-state index is 0.247. The average Bonchev–Trinajstić information content (AvgIpc) is 2.84. The lowest BCUT2D eigenvalue weighted by Crippen LogP contribution is -2.49. The number of aryl methyl sites for hydroxylation is 2. The highest BCUT2D eigenvalue weighted by molar-refractivity contribution is 7.91. The smallest absolute Gasteiger partial charge is 0.341 e. The van der Waals surface area contributed by atoms with Crippen molar-refractivity contribution in [3.8, 4) is 0 Å². The van der Waals surface area contributed by atoms with Crippen LogP contribution in [-0.2, 0) is 9.84 Å². The van der Waals surface area contributed by atoms with Crippen LogP contribution in [0.4, 0.5) is 26.2 Å².